The van der Waals surface area contributed by atoms with Crippen LogP contribution in [-0.2, 0) is 21.4 Å². The second-order valence-electron chi connectivity index (χ2n) is 7.14. The summed E-state index contributed by atoms with van der Waals surface area (Å²) in [4.78, 5) is 24.5. The number of rotatable bonds is 8. The maximum atomic E-state index is 12.6. The molecule has 0 atom stereocenters. The molecule has 0 aliphatic heterocycles. The van der Waals surface area contributed by atoms with E-state index in [0.717, 1.165) is 21.6 Å². The highest BCUT2D eigenvalue weighted by molar-refractivity contribution is 7.92. The number of nitrogens with zero attached hydrogens (tertiary/aromatic N) is 1. The maximum Gasteiger partial charge on any atom is 0.308 e. The summed E-state index contributed by atoms with van der Waals surface area (Å²) >= 11 is 1.15. The van der Waals surface area contributed by atoms with Crippen molar-refractivity contribution in [2.75, 3.05) is 17.1 Å². The van der Waals surface area contributed by atoms with E-state index >= 15 is 0 Å². The molecule has 1 heterocycles. The van der Waals surface area contributed by atoms with Crippen molar-refractivity contribution in [2.45, 2.75) is 17.9 Å². The monoisotopic (exact) mass is 483 g/mol. The van der Waals surface area contributed by atoms with Gasteiger partial charge < -0.3 is 10.1 Å². The van der Waals surface area contributed by atoms with Crippen molar-refractivity contribution in [1.29, 1.82) is 0 Å². The minimum Gasteiger partial charge on any atom is -0.497 e. The van der Waals surface area contributed by atoms with Crippen molar-refractivity contribution < 1.29 is 17.9 Å². The number of benzene rings is 3. The minimum atomic E-state index is -3.78. The summed E-state index contributed by atoms with van der Waals surface area (Å²) in [7, 11) is -2.25. The zero-order valence-corrected chi connectivity index (χ0v) is 19.3. The van der Waals surface area contributed by atoms with Gasteiger partial charge in [-0.3, -0.25) is 18.9 Å². The zero-order chi connectivity index (χ0) is 23.4. The number of anilines is 2. The summed E-state index contributed by atoms with van der Waals surface area (Å²) in [6, 6.07) is 19.8. The average molecular weight is 484 g/mol. The van der Waals surface area contributed by atoms with Gasteiger partial charge in [-0.15, -0.1) is 0 Å². The molecule has 1 aromatic heterocycles. The summed E-state index contributed by atoms with van der Waals surface area (Å²) in [5.41, 5.74) is 1.68. The fourth-order valence-electron chi connectivity index (χ4n) is 3.25. The van der Waals surface area contributed by atoms with Crippen molar-refractivity contribution in [1.82, 2.24) is 4.57 Å². The van der Waals surface area contributed by atoms with Gasteiger partial charge in [-0.1, -0.05) is 23.5 Å². The standard InChI is InChI=1S/C23H21N3O5S2/c1-31-18-10-6-17(7-11-18)25-33(29,30)19-12-8-16(9-13-19)24-22(27)14-15-26-20-4-2-3-5-21(20)32-23(26)28/h2-13,25H,14-15H2,1H3,(H,24,27). The molecule has 4 rings (SSSR count). The molecule has 0 saturated carbocycles. The van der Waals surface area contributed by atoms with Crippen LogP contribution in [0.5, 0.6) is 5.75 Å². The van der Waals surface area contributed by atoms with E-state index in [4.69, 9.17) is 4.74 Å². The van der Waals surface area contributed by atoms with Gasteiger partial charge in [-0.05, 0) is 60.7 Å². The van der Waals surface area contributed by atoms with E-state index in [2.05, 4.69) is 10.0 Å². The highest BCUT2D eigenvalue weighted by Gasteiger charge is 2.15. The first-order valence-electron chi connectivity index (χ1n) is 10.0. The van der Waals surface area contributed by atoms with E-state index in [-0.39, 0.29) is 28.6 Å². The number of sulfonamides is 1. The predicted molar refractivity (Wildman–Crippen MR) is 130 cm³/mol. The summed E-state index contributed by atoms with van der Waals surface area (Å²) in [5, 5.41) is 2.73. The largest absolute Gasteiger partial charge is 0.497 e. The number of carbonyl (C=O) groups excluding carboxylic acids is 1. The van der Waals surface area contributed by atoms with Gasteiger partial charge in [0.15, 0.2) is 0 Å². The van der Waals surface area contributed by atoms with Crippen LogP contribution < -0.4 is 19.6 Å². The number of thiazole rings is 1. The highest BCUT2D eigenvalue weighted by Crippen LogP contribution is 2.21. The molecule has 8 nitrogen and oxygen atoms in total. The first-order valence-corrected chi connectivity index (χ1v) is 12.3. The number of fused-ring (bicyclic) bond motifs is 1. The van der Waals surface area contributed by atoms with Crippen LogP contribution in [-0.4, -0.2) is 26.0 Å². The fourth-order valence-corrected chi connectivity index (χ4v) is 5.23. The zero-order valence-electron chi connectivity index (χ0n) is 17.6. The minimum absolute atomic E-state index is 0.0626. The molecule has 0 spiro atoms. The highest BCUT2D eigenvalue weighted by atomic mass is 32.2. The van der Waals surface area contributed by atoms with E-state index in [1.165, 1.54) is 31.4 Å². The Labute approximate surface area is 194 Å². The molecule has 1 amide bonds. The van der Waals surface area contributed by atoms with Gasteiger partial charge in [0, 0.05) is 24.3 Å². The van der Waals surface area contributed by atoms with Crippen LogP contribution >= 0.6 is 11.3 Å². The lowest BCUT2D eigenvalue weighted by molar-refractivity contribution is -0.116. The SMILES string of the molecule is COc1ccc(NS(=O)(=O)c2ccc(NC(=O)CCn3c(=O)sc4ccccc43)cc2)cc1. The normalized spacial score (nSPS) is 11.3. The number of nitrogens with one attached hydrogen (secondary N) is 2. The lowest BCUT2D eigenvalue weighted by atomic mass is 10.3. The molecular formula is C23H21N3O5S2. The van der Waals surface area contributed by atoms with E-state index in [1.807, 2.05) is 24.3 Å². The Hall–Kier alpha value is -3.63. The lowest BCUT2D eigenvalue weighted by Gasteiger charge is -2.10. The third-order valence-electron chi connectivity index (χ3n) is 4.93. The molecule has 0 bridgehead atoms. The van der Waals surface area contributed by atoms with Crippen molar-refractivity contribution >= 4 is 48.9 Å². The molecule has 2 N–H and O–H groups in total. The molecule has 0 unspecified atom stereocenters. The number of carbonyl (C=O) groups is 1. The van der Waals surface area contributed by atoms with Crippen LogP contribution in [0.2, 0.25) is 0 Å². The van der Waals surface area contributed by atoms with Gasteiger partial charge in [0.2, 0.25) is 5.91 Å². The van der Waals surface area contributed by atoms with E-state index in [1.54, 1.807) is 28.8 Å². The van der Waals surface area contributed by atoms with E-state index in [0.29, 0.717) is 17.1 Å². The molecule has 3 aromatic carbocycles. The van der Waals surface area contributed by atoms with Crippen LogP contribution in [0, 0.1) is 0 Å². The van der Waals surface area contributed by atoms with Crippen molar-refractivity contribution in [3.63, 3.8) is 0 Å². The molecule has 4 aromatic rings. The van der Waals surface area contributed by atoms with Crippen molar-refractivity contribution in [2.24, 2.45) is 0 Å². The number of methoxy groups -OCH3 is 1. The molecule has 33 heavy (non-hydrogen) atoms. The Bertz CT molecular complexity index is 1440. The van der Waals surface area contributed by atoms with Crippen molar-refractivity contribution in [3.8, 4) is 5.75 Å². The Morgan fingerprint density at radius 1 is 0.970 bits per heavy atom. The second-order valence-corrected chi connectivity index (χ2v) is 9.82. The Morgan fingerprint density at radius 2 is 1.64 bits per heavy atom. The molecular weight excluding hydrogens is 462 g/mol. The molecule has 0 saturated heterocycles. The molecule has 10 heteroatoms. The number of aryl methyl sites for hydroxylation is 1. The van der Waals surface area contributed by atoms with E-state index < -0.39 is 10.0 Å². The van der Waals surface area contributed by atoms with Crippen LogP contribution in [0.4, 0.5) is 11.4 Å². The van der Waals surface area contributed by atoms with Gasteiger partial charge in [0.05, 0.1) is 22.2 Å². The van der Waals surface area contributed by atoms with Gasteiger partial charge in [0.1, 0.15) is 5.75 Å². The topological polar surface area (TPSA) is 106 Å². The molecule has 0 fully saturated rings. The smallest absolute Gasteiger partial charge is 0.308 e. The summed E-state index contributed by atoms with van der Waals surface area (Å²) in [5.74, 6) is 0.347. The van der Waals surface area contributed by atoms with Crippen LogP contribution in [0.15, 0.2) is 82.5 Å². The third kappa shape index (κ3) is 5.24. The van der Waals surface area contributed by atoms with Crippen LogP contribution in [0.25, 0.3) is 10.2 Å². The number of amides is 1. The number of ether oxygens (including phenoxy) is 1. The Morgan fingerprint density at radius 3 is 2.33 bits per heavy atom. The molecule has 0 aliphatic rings. The Balaban J connectivity index is 1.37. The molecule has 0 radical (unpaired) electrons. The second kappa shape index (κ2) is 9.47. The summed E-state index contributed by atoms with van der Waals surface area (Å²) < 4.78 is 35.2. The van der Waals surface area contributed by atoms with Gasteiger partial charge in [0.25, 0.3) is 10.0 Å². The lowest BCUT2D eigenvalue weighted by Crippen LogP contribution is -2.19. The fraction of sp³-hybridized carbons (Fsp3) is 0.130. The first-order chi connectivity index (χ1) is 15.9. The first kappa shape index (κ1) is 22.6. The van der Waals surface area contributed by atoms with E-state index in [9.17, 15) is 18.0 Å². The third-order valence-corrected chi connectivity index (χ3v) is 7.28. The maximum absolute atomic E-state index is 12.6. The van der Waals surface area contributed by atoms with Crippen LogP contribution in [0.3, 0.4) is 0 Å². The number of hydrogen-bond acceptors (Lipinski definition) is 6. The number of hydrogen-bond donors (Lipinski definition) is 2. The molecule has 0 aliphatic carbocycles. The van der Waals surface area contributed by atoms with Crippen LogP contribution in [0.1, 0.15) is 6.42 Å². The van der Waals surface area contributed by atoms with Gasteiger partial charge >= 0.3 is 4.87 Å². The average Bonchev–Trinajstić information content (AvgIpc) is 3.13. The predicted octanol–water partition coefficient (Wildman–Crippen LogP) is 3.90. The summed E-state index contributed by atoms with van der Waals surface area (Å²) in [6.45, 7) is 0.257. The van der Waals surface area contributed by atoms with Gasteiger partial charge in [-0.2, -0.15) is 0 Å². The van der Waals surface area contributed by atoms with Crippen molar-refractivity contribution in [3.05, 3.63) is 82.5 Å². The quantitative estimate of drug-likeness (QED) is 0.395. The Kier molecular flexibility index (Phi) is 6.47. The summed E-state index contributed by atoms with van der Waals surface area (Å²) in [6.07, 6.45) is 0.111. The number of aromatic nitrogens is 1. The van der Waals surface area contributed by atoms with Gasteiger partial charge in [-0.25, -0.2) is 8.42 Å². The number of para-hydroxylation sites is 1. The molecule has 170 valence electrons.